The Morgan fingerprint density at radius 2 is 2.31 bits per heavy atom. The first-order chi connectivity index (χ1) is 7.81. The maximum absolute atomic E-state index is 5.99. The fraction of sp³-hybridized carbons (Fsp3) is 0.200. The fourth-order valence-corrected chi connectivity index (χ4v) is 2.72. The minimum absolute atomic E-state index is 0.435. The molecule has 0 fully saturated rings. The van der Waals surface area contributed by atoms with Crippen LogP contribution in [0.4, 0.5) is 0 Å². The lowest BCUT2D eigenvalue weighted by Crippen LogP contribution is -2.00. The molecule has 82 valence electrons. The van der Waals surface area contributed by atoms with E-state index < -0.39 is 0 Å². The Morgan fingerprint density at radius 3 is 3.00 bits per heavy atom. The number of alkyl halides is 1. The summed E-state index contributed by atoms with van der Waals surface area (Å²) < 4.78 is 3.98. The second-order valence-corrected chi connectivity index (χ2v) is 4.56. The van der Waals surface area contributed by atoms with Gasteiger partial charge in [-0.15, -0.1) is 22.9 Å². The molecule has 0 saturated heterocycles. The standard InChI is InChI=1S/C10H9ClN4S/c1-7-12-2-3-14(7)9-8(6-11)15-4-5-16-10(15)13-9/h2-5H,6H2,1H3. The van der Waals surface area contributed by atoms with Gasteiger partial charge in [-0.05, 0) is 6.92 Å². The van der Waals surface area contributed by atoms with Crippen LogP contribution >= 0.6 is 22.9 Å². The summed E-state index contributed by atoms with van der Waals surface area (Å²) in [5, 5.41) is 2.00. The van der Waals surface area contributed by atoms with Gasteiger partial charge in [0, 0.05) is 24.0 Å². The van der Waals surface area contributed by atoms with Crippen LogP contribution in [0.3, 0.4) is 0 Å². The third-order valence-electron chi connectivity index (χ3n) is 2.52. The molecule has 6 heteroatoms. The normalized spacial score (nSPS) is 11.4. The molecule has 0 radical (unpaired) electrons. The first kappa shape index (κ1) is 9.86. The molecule has 0 aliphatic heterocycles. The summed E-state index contributed by atoms with van der Waals surface area (Å²) >= 11 is 7.59. The van der Waals surface area contributed by atoms with Crippen LogP contribution in [0, 0.1) is 6.92 Å². The SMILES string of the molecule is Cc1nccn1-c1nc2sccn2c1CCl. The Labute approximate surface area is 101 Å². The van der Waals surface area contributed by atoms with E-state index in [1.165, 1.54) is 0 Å². The van der Waals surface area contributed by atoms with Gasteiger partial charge >= 0.3 is 0 Å². The third kappa shape index (κ3) is 1.28. The van der Waals surface area contributed by atoms with Gasteiger partial charge in [0.25, 0.3) is 0 Å². The number of aryl methyl sites for hydroxylation is 1. The summed E-state index contributed by atoms with van der Waals surface area (Å²) in [7, 11) is 0. The fourth-order valence-electron chi connectivity index (χ4n) is 1.74. The number of hydrogen-bond acceptors (Lipinski definition) is 3. The Balaban J connectivity index is 2.31. The quantitative estimate of drug-likeness (QED) is 0.658. The van der Waals surface area contributed by atoms with Gasteiger partial charge in [0.2, 0.25) is 0 Å². The molecular weight excluding hydrogens is 244 g/mol. The number of nitrogens with zero attached hydrogens (tertiary/aromatic N) is 4. The summed E-state index contributed by atoms with van der Waals surface area (Å²) in [5.74, 6) is 2.22. The largest absolute Gasteiger partial charge is 0.291 e. The number of hydrogen-bond donors (Lipinski definition) is 0. The number of rotatable bonds is 2. The summed E-state index contributed by atoms with van der Waals surface area (Å²) in [6.07, 6.45) is 5.65. The van der Waals surface area contributed by atoms with E-state index in [0.717, 1.165) is 22.3 Å². The second-order valence-electron chi connectivity index (χ2n) is 3.42. The molecule has 0 bridgehead atoms. The monoisotopic (exact) mass is 252 g/mol. The Morgan fingerprint density at radius 1 is 1.44 bits per heavy atom. The molecule has 3 aromatic heterocycles. The molecule has 0 atom stereocenters. The van der Waals surface area contributed by atoms with E-state index in [2.05, 4.69) is 9.97 Å². The van der Waals surface area contributed by atoms with Gasteiger partial charge in [-0.25, -0.2) is 9.97 Å². The van der Waals surface area contributed by atoms with E-state index in [-0.39, 0.29) is 0 Å². The molecule has 0 spiro atoms. The molecule has 3 rings (SSSR count). The van der Waals surface area contributed by atoms with Gasteiger partial charge in [-0.2, -0.15) is 0 Å². The van der Waals surface area contributed by atoms with Crippen molar-refractivity contribution in [3.63, 3.8) is 0 Å². The summed E-state index contributed by atoms with van der Waals surface area (Å²) in [6, 6.07) is 0. The van der Waals surface area contributed by atoms with Gasteiger partial charge in [-0.1, -0.05) is 0 Å². The highest BCUT2D eigenvalue weighted by Crippen LogP contribution is 2.22. The molecule has 16 heavy (non-hydrogen) atoms. The average Bonchev–Trinajstić information content (AvgIpc) is 2.90. The number of aromatic nitrogens is 4. The van der Waals surface area contributed by atoms with Crippen LogP contribution in [0.1, 0.15) is 11.5 Å². The van der Waals surface area contributed by atoms with Crippen molar-refractivity contribution in [1.82, 2.24) is 18.9 Å². The zero-order chi connectivity index (χ0) is 11.1. The van der Waals surface area contributed by atoms with Gasteiger partial charge in [-0.3, -0.25) is 8.97 Å². The average molecular weight is 253 g/mol. The minimum atomic E-state index is 0.435. The van der Waals surface area contributed by atoms with Gasteiger partial charge in [0.05, 0.1) is 11.6 Å². The Hall–Kier alpha value is -1.33. The molecular formula is C10H9ClN4S. The number of fused-ring (bicyclic) bond motifs is 1. The van der Waals surface area contributed by atoms with E-state index in [4.69, 9.17) is 11.6 Å². The maximum Gasteiger partial charge on any atom is 0.195 e. The van der Waals surface area contributed by atoms with Crippen molar-refractivity contribution in [3.05, 3.63) is 35.5 Å². The van der Waals surface area contributed by atoms with Gasteiger partial charge in [0.15, 0.2) is 10.8 Å². The summed E-state index contributed by atoms with van der Waals surface area (Å²) in [6.45, 7) is 1.95. The molecule has 0 aliphatic carbocycles. The lowest BCUT2D eigenvalue weighted by molar-refractivity contribution is 0.925. The van der Waals surface area contributed by atoms with Crippen molar-refractivity contribution in [2.75, 3.05) is 0 Å². The van der Waals surface area contributed by atoms with E-state index in [0.29, 0.717) is 5.88 Å². The zero-order valence-electron chi connectivity index (χ0n) is 8.59. The number of thiazole rings is 1. The summed E-state index contributed by atoms with van der Waals surface area (Å²) in [5.41, 5.74) is 0.999. The molecule has 0 amide bonds. The highest BCUT2D eigenvalue weighted by molar-refractivity contribution is 7.15. The molecule has 0 aliphatic rings. The first-order valence-electron chi connectivity index (χ1n) is 4.82. The zero-order valence-corrected chi connectivity index (χ0v) is 10.2. The van der Waals surface area contributed by atoms with Crippen LogP contribution < -0.4 is 0 Å². The van der Waals surface area contributed by atoms with Crippen molar-refractivity contribution in [2.24, 2.45) is 0 Å². The second kappa shape index (κ2) is 3.61. The predicted molar refractivity (Wildman–Crippen MR) is 64.5 cm³/mol. The highest BCUT2D eigenvalue weighted by Gasteiger charge is 2.14. The molecule has 0 aromatic carbocycles. The van der Waals surface area contributed by atoms with Crippen LogP contribution in [0.25, 0.3) is 10.8 Å². The van der Waals surface area contributed by atoms with E-state index in [9.17, 15) is 0 Å². The lowest BCUT2D eigenvalue weighted by atomic mass is 10.4. The number of imidazole rings is 2. The summed E-state index contributed by atoms with van der Waals surface area (Å²) in [4.78, 5) is 9.72. The van der Waals surface area contributed by atoms with Gasteiger partial charge in [0.1, 0.15) is 5.82 Å². The molecule has 0 unspecified atom stereocenters. The third-order valence-corrected chi connectivity index (χ3v) is 3.53. The van der Waals surface area contributed by atoms with Gasteiger partial charge < -0.3 is 0 Å². The van der Waals surface area contributed by atoms with Crippen LogP contribution in [-0.4, -0.2) is 18.9 Å². The molecule has 3 aromatic rings. The number of halogens is 1. The van der Waals surface area contributed by atoms with Crippen LogP contribution in [0.2, 0.25) is 0 Å². The van der Waals surface area contributed by atoms with E-state index in [1.54, 1.807) is 17.5 Å². The van der Waals surface area contributed by atoms with Crippen LogP contribution in [0.15, 0.2) is 24.0 Å². The Kier molecular flexibility index (Phi) is 2.22. The van der Waals surface area contributed by atoms with Crippen molar-refractivity contribution < 1.29 is 0 Å². The van der Waals surface area contributed by atoms with Crippen molar-refractivity contribution in [1.29, 1.82) is 0 Å². The van der Waals surface area contributed by atoms with Crippen LogP contribution in [-0.2, 0) is 5.88 Å². The minimum Gasteiger partial charge on any atom is -0.291 e. The lowest BCUT2D eigenvalue weighted by Gasteiger charge is -2.02. The first-order valence-corrected chi connectivity index (χ1v) is 6.23. The molecule has 0 saturated carbocycles. The van der Waals surface area contributed by atoms with Crippen molar-refractivity contribution in [3.8, 4) is 5.82 Å². The van der Waals surface area contributed by atoms with E-state index >= 15 is 0 Å². The topological polar surface area (TPSA) is 35.1 Å². The highest BCUT2D eigenvalue weighted by atomic mass is 35.5. The van der Waals surface area contributed by atoms with Crippen LogP contribution in [0.5, 0.6) is 0 Å². The molecule has 4 nitrogen and oxygen atoms in total. The van der Waals surface area contributed by atoms with Crippen molar-refractivity contribution in [2.45, 2.75) is 12.8 Å². The Bertz CT molecular complexity index is 636. The smallest absolute Gasteiger partial charge is 0.195 e. The predicted octanol–water partition coefficient (Wildman–Crippen LogP) is 2.63. The maximum atomic E-state index is 5.99. The molecule has 0 N–H and O–H groups in total. The molecule has 3 heterocycles. The van der Waals surface area contributed by atoms with Crippen molar-refractivity contribution >= 4 is 27.9 Å². The van der Waals surface area contributed by atoms with E-state index in [1.807, 2.05) is 33.7 Å².